The number of ketones is 1. The topological polar surface area (TPSA) is 99.0 Å². The minimum absolute atomic E-state index is 0.0574. The largest absolute Gasteiger partial charge is 0.484 e. The van der Waals surface area contributed by atoms with Crippen molar-refractivity contribution in [3.63, 3.8) is 0 Å². The highest BCUT2D eigenvalue weighted by molar-refractivity contribution is 5.94. The molecule has 0 aliphatic rings. The van der Waals surface area contributed by atoms with Crippen LogP contribution in [-0.4, -0.2) is 38.5 Å². The van der Waals surface area contributed by atoms with Crippen LogP contribution in [0, 0.1) is 6.92 Å². The zero-order valence-corrected chi connectivity index (χ0v) is 14.3. The number of carbonyl (C=O) groups excluding carboxylic acids is 2. The van der Waals surface area contributed by atoms with Crippen LogP contribution < -0.4 is 10.1 Å². The van der Waals surface area contributed by atoms with Crippen molar-refractivity contribution in [1.29, 1.82) is 0 Å². The van der Waals surface area contributed by atoms with Gasteiger partial charge in [0, 0.05) is 11.3 Å². The monoisotopic (exact) mass is 351 g/mol. The lowest BCUT2D eigenvalue weighted by molar-refractivity contribution is -0.118. The number of aromatic nitrogens is 4. The number of aryl methyl sites for hydroxylation is 1. The number of hydrogen-bond acceptors (Lipinski definition) is 6. The van der Waals surface area contributed by atoms with E-state index in [1.807, 2.05) is 19.1 Å². The van der Waals surface area contributed by atoms with Crippen molar-refractivity contribution in [2.75, 3.05) is 11.9 Å². The van der Waals surface area contributed by atoms with Crippen molar-refractivity contribution in [2.24, 2.45) is 0 Å². The summed E-state index contributed by atoms with van der Waals surface area (Å²) in [5.41, 5.74) is 2.91. The fourth-order valence-corrected chi connectivity index (χ4v) is 2.41. The maximum atomic E-state index is 12.1. The Morgan fingerprint density at radius 1 is 1.19 bits per heavy atom. The van der Waals surface area contributed by atoms with Gasteiger partial charge < -0.3 is 10.1 Å². The van der Waals surface area contributed by atoms with E-state index in [2.05, 4.69) is 20.8 Å². The average Bonchev–Trinajstić information content (AvgIpc) is 3.14. The van der Waals surface area contributed by atoms with Gasteiger partial charge in [0.25, 0.3) is 5.91 Å². The van der Waals surface area contributed by atoms with Crippen LogP contribution in [0.4, 0.5) is 5.69 Å². The molecule has 1 N–H and O–H groups in total. The number of tetrazole rings is 1. The molecule has 0 saturated carbocycles. The summed E-state index contributed by atoms with van der Waals surface area (Å²) in [6.07, 6.45) is 1.50. The molecule has 3 aromatic rings. The molecule has 0 aliphatic heterocycles. The standard InChI is InChI=1S/C18H17N5O3/c1-12-8-15(6-7-17(12)23-11-19-21-22-23)20-18(25)10-26-16-5-3-4-14(9-16)13(2)24/h3-9,11H,10H2,1-2H3,(H,20,25). The molecule has 0 fully saturated rings. The van der Waals surface area contributed by atoms with E-state index in [0.717, 1.165) is 11.3 Å². The van der Waals surface area contributed by atoms with E-state index in [1.54, 1.807) is 35.0 Å². The van der Waals surface area contributed by atoms with E-state index < -0.39 is 0 Å². The summed E-state index contributed by atoms with van der Waals surface area (Å²) < 4.78 is 7.00. The van der Waals surface area contributed by atoms with Crippen molar-refractivity contribution < 1.29 is 14.3 Å². The molecule has 1 aromatic heterocycles. The summed E-state index contributed by atoms with van der Waals surface area (Å²) in [7, 11) is 0. The first kappa shape index (κ1) is 17.3. The third-order valence-corrected chi connectivity index (χ3v) is 3.69. The summed E-state index contributed by atoms with van der Waals surface area (Å²) in [6, 6.07) is 12.1. The van der Waals surface area contributed by atoms with Gasteiger partial charge in [-0.25, -0.2) is 4.68 Å². The number of benzene rings is 2. The van der Waals surface area contributed by atoms with Gasteiger partial charge in [-0.1, -0.05) is 12.1 Å². The highest BCUT2D eigenvalue weighted by Gasteiger charge is 2.08. The van der Waals surface area contributed by atoms with E-state index in [0.29, 0.717) is 17.0 Å². The Bertz CT molecular complexity index is 938. The van der Waals surface area contributed by atoms with E-state index in [9.17, 15) is 9.59 Å². The molecule has 0 unspecified atom stereocenters. The predicted octanol–water partition coefficient (Wildman–Crippen LogP) is 2.19. The normalized spacial score (nSPS) is 10.4. The Balaban J connectivity index is 1.61. The molecule has 3 rings (SSSR count). The van der Waals surface area contributed by atoms with Crippen LogP contribution in [0.1, 0.15) is 22.8 Å². The molecule has 8 nitrogen and oxygen atoms in total. The lowest BCUT2D eigenvalue weighted by Gasteiger charge is -2.10. The van der Waals surface area contributed by atoms with Crippen LogP contribution in [-0.2, 0) is 4.79 Å². The predicted molar refractivity (Wildman–Crippen MR) is 94.5 cm³/mol. The first-order valence-electron chi connectivity index (χ1n) is 7.90. The smallest absolute Gasteiger partial charge is 0.262 e. The Labute approximate surface area is 149 Å². The van der Waals surface area contributed by atoms with Crippen LogP contribution in [0.3, 0.4) is 0 Å². The quantitative estimate of drug-likeness (QED) is 0.684. The Kier molecular flexibility index (Phi) is 5.02. The Hall–Kier alpha value is -3.55. The van der Waals surface area contributed by atoms with Gasteiger partial charge >= 0.3 is 0 Å². The minimum atomic E-state index is -0.298. The van der Waals surface area contributed by atoms with Gasteiger partial charge in [-0.15, -0.1) is 5.10 Å². The molecule has 8 heteroatoms. The highest BCUT2D eigenvalue weighted by Crippen LogP contribution is 2.18. The number of nitrogens with zero attached hydrogens (tertiary/aromatic N) is 4. The molecular weight excluding hydrogens is 334 g/mol. The number of nitrogens with one attached hydrogen (secondary N) is 1. The summed E-state index contributed by atoms with van der Waals surface area (Å²) in [5.74, 6) is 0.115. The van der Waals surface area contributed by atoms with Gasteiger partial charge in [-0.3, -0.25) is 9.59 Å². The molecule has 0 spiro atoms. The second kappa shape index (κ2) is 7.56. The molecule has 1 heterocycles. The zero-order chi connectivity index (χ0) is 18.5. The molecule has 26 heavy (non-hydrogen) atoms. The summed E-state index contributed by atoms with van der Waals surface area (Å²) in [4.78, 5) is 23.5. The Morgan fingerprint density at radius 2 is 2.04 bits per heavy atom. The highest BCUT2D eigenvalue weighted by atomic mass is 16.5. The molecule has 1 amide bonds. The second-order valence-corrected chi connectivity index (χ2v) is 5.68. The summed E-state index contributed by atoms with van der Waals surface area (Å²) >= 11 is 0. The van der Waals surface area contributed by atoms with Crippen molar-refractivity contribution in [3.8, 4) is 11.4 Å². The van der Waals surface area contributed by atoms with Crippen LogP contribution >= 0.6 is 0 Å². The molecule has 2 aromatic carbocycles. The first-order valence-corrected chi connectivity index (χ1v) is 7.90. The van der Waals surface area contributed by atoms with Gasteiger partial charge in [0.05, 0.1) is 5.69 Å². The van der Waals surface area contributed by atoms with Gasteiger partial charge in [0.2, 0.25) is 0 Å². The summed E-state index contributed by atoms with van der Waals surface area (Å²) in [6.45, 7) is 3.22. The van der Waals surface area contributed by atoms with Gasteiger partial charge in [0.1, 0.15) is 12.1 Å². The van der Waals surface area contributed by atoms with Gasteiger partial charge in [-0.2, -0.15) is 0 Å². The third kappa shape index (κ3) is 4.10. The molecule has 0 aliphatic carbocycles. The second-order valence-electron chi connectivity index (χ2n) is 5.68. The summed E-state index contributed by atoms with van der Waals surface area (Å²) in [5, 5.41) is 13.8. The number of anilines is 1. The van der Waals surface area contributed by atoms with E-state index >= 15 is 0 Å². The van der Waals surface area contributed by atoms with Crippen molar-refractivity contribution >= 4 is 17.4 Å². The fourth-order valence-electron chi connectivity index (χ4n) is 2.41. The molecule has 0 bridgehead atoms. The molecular formula is C18H17N5O3. The van der Waals surface area contributed by atoms with E-state index in [1.165, 1.54) is 13.3 Å². The third-order valence-electron chi connectivity index (χ3n) is 3.69. The van der Waals surface area contributed by atoms with Gasteiger partial charge in [0.15, 0.2) is 12.4 Å². The SMILES string of the molecule is CC(=O)c1cccc(OCC(=O)Nc2ccc(-n3cnnn3)c(C)c2)c1. The maximum absolute atomic E-state index is 12.1. The van der Waals surface area contributed by atoms with E-state index in [-0.39, 0.29) is 18.3 Å². The zero-order valence-electron chi connectivity index (χ0n) is 14.3. The molecule has 0 saturated heterocycles. The maximum Gasteiger partial charge on any atom is 0.262 e. The number of rotatable bonds is 6. The number of amides is 1. The van der Waals surface area contributed by atoms with Crippen LogP contribution in [0.15, 0.2) is 48.8 Å². The average molecular weight is 351 g/mol. The van der Waals surface area contributed by atoms with Crippen molar-refractivity contribution in [2.45, 2.75) is 13.8 Å². The van der Waals surface area contributed by atoms with Crippen LogP contribution in [0.2, 0.25) is 0 Å². The number of hydrogen-bond donors (Lipinski definition) is 1. The van der Waals surface area contributed by atoms with Crippen molar-refractivity contribution in [1.82, 2.24) is 20.2 Å². The number of Topliss-reactive ketones (excluding diaryl/α,β-unsaturated/α-hetero) is 1. The van der Waals surface area contributed by atoms with Crippen molar-refractivity contribution in [3.05, 3.63) is 59.9 Å². The van der Waals surface area contributed by atoms with Crippen LogP contribution in [0.5, 0.6) is 5.75 Å². The fraction of sp³-hybridized carbons (Fsp3) is 0.167. The molecule has 0 radical (unpaired) electrons. The number of carbonyl (C=O) groups is 2. The molecule has 0 atom stereocenters. The van der Waals surface area contributed by atoms with Crippen LogP contribution in [0.25, 0.3) is 5.69 Å². The lowest BCUT2D eigenvalue weighted by atomic mass is 10.1. The first-order chi connectivity index (χ1) is 12.5. The lowest BCUT2D eigenvalue weighted by Crippen LogP contribution is -2.20. The molecule has 132 valence electrons. The van der Waals surface area contributed by atoms with Gasteiger partial charge in [-0.05, 0) is 60.2 Å². The minimum Gasteiger partial charge on any atom is -0.484 e. The number of ether oxygens (including phenoxy) is 1. The van der Waals surface area contributed by atoms with E-state index in [4.69, 9.17) is 4.74 Å². The Morgan fingerprint density at radius 3 is 2.73 bits per heavy atom.